The molecule has 5 saturated carbocycles. The molecule has 3 unspecified atom stereocenters. The predicted octanol–water partition coefficient (Wildman–Crippen LogP) is 3.39. The monoisotopic (exact) mass is 460 g/mol. The summed E-state index contributed by atoms with van der Waals surface area (Å²) in [6.45, 7) is 0.254. The summed E-state index contributed by atoms with van der Waals surface area (Å²) in [5, 5.41) is 9.01. The van der Waals surface area contributed by atoms with Gasteiger partial charge in [-0.3, -0.25) is 9.32 Å². The summed E-state index contributed by atoms with van der Waals surface area (Å²) in [4.78, 5) is 41.5. The Hall–Kier alpha value is -0.540. The standard InChI is InChI=1S/C21H33O9P/c22-19(23)5-2-6-27-21(15-3-1-4-18(12-15)28-31(24,25)26)20(29-30-21)16-8-13-7-14(10-16)11-17(20)9-13/h13-18H,1-12H2,(H,22,23)(H2,24,25,26). The van der Waals surface area contributed by atoms with Crippen molar-refractivity contribution in [2.45, 2.75) is 88.1 Å². The van der Waals surface area contributed by atoms with Crippen LogP contribution in [-0.2, 0) is 28.4 Å². The number of ether oxygens (including phenoxy) is 1. The molecule has 10 heteroatoms. The number of hydrogen-bond donors (Lipinski definition) is 3. The normalized spacial score (nSPS) is 46.3. The minimum atomic E-state index is -4.58. The molecule has 3 atom stereocenters. The maximum absolute atomic E-state index is 11.4. The van der Waals surface area contributed by atoms with E-state index in [9.17, 15) is 19.1 Å². The fourth-order valence-corrected chi connectivity index (χ4v) is 8.26. The van der Waals surface area contributed by atoms with E-state index in [0.717, 1.165) is 50.4 Å². The Morgan fingerprint density at radius 1 is 0.968 bits per heavy atom. The molecule has 9 nitrogen and oxygen atoms in total. The fraction of sp³-hybridized carbons (Fsp3) is 0.952. The Kier molecular flexibility index (Phi) is 5.78. The zero-order chi connectivity index (χ0) is 21.9. The van der Waals surface area contributed by atoms with Crippen molar-refractivity contribution in [3.8, 4) is 0 Å². The average molecular weight is 460 g/mol. The molecule has 0 aromatic carbocycles. The van der Waals surface area contributed by atoms with Gasteiger partial charge in [-0.1, -0.05) is 6.42 Å². The molecule has 0 amide bonds. The minimum absolute atomic E-state index is 0.0234. The number of rotatable bonds is 8. The van der Waals surface area contributed by atoms with Crippen molar-refractivity contribution in [3.63, 3.8) is 0 Å². The number of carbonyl (C=O) groups is 1. The molecule has 5 aliphatic carbocycles. The number of carboxylic acid groups (broad SMARTS) is 1. The van der Waals surface area contributed by atoms with Crippen molar-refractivity contribution in [1.82, 2.24) is 0 Å². The number of aliphatic carboxylic acids is 1. The molecule has 6 fully saturated rings. The lowest BCUT2D eigenvalue weighted by Crippen LogP contribution is -2.81. The third kappa shape index (κ3) is 3.80. The second-order valence-corrected chi connectivity index (χ2v) is 11.6. The summed E-state index contributed by atoms with van der Waals surface area (Å²) in [5.74, 6) is 0.193. The van der Waals surface area contributed by atoms with E-state index in [1.54, 1.807) is 0 Å². The van der Waals surface area contributed by atoms with Crippen molar-refractivity contribution < 1.29 is 43.3 Å². The van der Waals surface area contributed by atoms with Gasteiger partial charge in [0.25, 0.3) is 0 Å². The highest BCUT2D eigenvalue weighted by Crippen LogP contribution is 2.69. The second-order valence-electron chi connectivity index (χ2n) is 10.4. The van der Waals surface area contributed by atoms with Crippen LogP contribution in [0.1, 0.15) is 70.6 Å². The van der Waals surface area contributed by atoms with Crippen LogP contribution >= 0.6 is 7.82 Å². The number of phosphoric acid groups is 1. The van der Waals surface area contributed by atoms with Gasteiger partial charge in [0.1, 0.15) is 0 Å². The first-order valence-corrected chi connectivity index (χ1v) is 13.2. The van der Waals surface area contributed by atoms with E-state index in [1.807, 2.05) is 0 Å². The third-order valence-corrected chi connectivity index (χ3v) is 9.07. The van der Waals surface area contributed by atoms with Gasteiger partial charge < -0.3 is 19.6 Å². The van der Waals surface area contributed by atoms with Gasteiger partial charge in [-0.15, -0.1) is 0 Å². The molecule has 31 heavy (non-hydrogen) atoms. The zero-order valence-corrected chi connectivity index (χ0v) is 18.6. The van der Waals surface area contributed by atoms with E-state index in [4.69, 9.17) is 24.1 Å². The van der Waals surface area contributed by atoms with E-state index in [0.29, 0.717) is 31.1 Å². The highest BCUT2D eigenvalue weighted by Gasteiger charge is 2.78. The van der Waals surface area contributed by atoms with E-state index in [-0.39, 0.29) is 18.9 Å². The van der Waals surface area contributed by atoms with Crippen LogP contribution in [-0.4, -0.2) is 45.0 Å². The Morgan fingerprint density at radius 3 is 2.19 bits per heavy atom. The minimum Gasteiger partial charge on any atom is -0.481 e. The zero-order valence-electron chi connectivity index (χ0n) is 17.7. The van der Waals surface area contributed by atoms with Gasteiger partial charge in [0.2, 0.25) is 5.79 Å². The lowest BCUT2D eigenvalue weighted by molar-refractivity contribution is -0.649. The van der Waals surface area contributed by atoms with E-state index < -0.39 is 31.3 Å². The molecule has 6 rings (SSSR count). The molecule has 1 heterocycles. The summed E-state index contributed by atoms with van der Waals surface area (Å²) >= 11 is 0. The molecule has 0 aromatic heterocycles. The topological polar surface area (TPSA) is 132 Å². The van der Waals surface area contributed by atoms with Crippen molar-refractivity contribution in [2.75, 3.05) is 6.61 Å². The molecule has 0 aromatic rings. The van der Waals surface area contributed by atoms with Gasteiger partial charge >= 0.3 is 13.8 Å². The lowest BCUT2D eigenvalue weighted by atomic mass is 9.46. The molecule has 3 N–H and O–H groups in total. The van der Waals surface area contributed by atoms with Crippen molar-refractivity contribution in [1.29, 1.82) is 0 Å². The largest absolute Gasteiger partial charge is 0.481 e. The van der Waals surface area contributed by atoms with Crippen LogP contribution in [0.3, 0.4) is 0 Å². The fourth-order valence-electron chi connectivity index (χ4n) is 7.68. The maximum atomic E-state index is 11.4. The van der Waals surface area contributed by atoms with Crippen molar-refractivity contribution >= 4 is 13.8 Å². The van der Waals surface area contributed by atoms with E-state index >= 15 is 0 Å². The predicted molar refractivity (Wildman–Crippen MR) is 106 cm³/mol. The molecular formula is C21H33O9P. The molecule has 176 valence electrons. The summed E-state index contributed by atoms with van der Waals surface area (Å²) in [5.41, 5.74) is -0.543. The summed E-state index contributed by atoms with van der Waals surface area (Å²) < 4.78 is 23.0. The SMILES string of the molecule is O=C(O)CCCOC1(C2CCCC(OP(=O)(O)O)C2)OOC12C1CC3CC(C1)CC2C3. The number of carboxylic acids is 1. The van der Waals surface area contributed by atoms with Crippen LogP contribution in [0.25, 0.3) is 0 Å². The van der Waals surface area contributed by atoms with Gasteiger partial charge in [0.15, 0.2) is 5.60 Å². The first kappa shape index (κ1) is 22.3. The first-order chi connectivity index (χ1) is 14.7. The Labute approximate surface area is 181 Å². The van der Waals surface area contributed by atoms with Crippen LogP contribution < -0.4 is 0 Å². The van der Waals surface area contributed by atoms with Crippen LogP contribution in [0.5, 0.6) is 0 Å². The number of hydrogen-bond acceptors (Lipinski definition) is 6. The maximum Gasteiger partial charge on any atom is 0.469 e. The Morgan fingerprint density at radius 2 is 1.65 bits per heavy atom. The molecule has 6 aliphatic rings. The third-order valence-electron chi connectivity index (χ3n) is 8.50. The quantitative estimate of drug-likeness (QED) is 0.283. The van der Waals surface area contributed by atoms with Crippen LogP contribution in [0.2, 0.25) is 0 Å². The highest BCUT2D eigenvalue weighted by atomic mass is 31.2. The van der Waals surface area contributed by atoms with Crippen LogP contribution in [0.15, 0.2) is 0 Å². The van der Waals surface area contributed by atoms with E-state index in [1.165, 1.54) is 6.42 Å². The van der Waals surface area contributed by atoms with Crippen molar-refractivity contribution in [3.05, 3.63) is 0 Å². The molecule has 1 aliphatic heterocycles. The molecule has 4 bridgehead atoms. The number of phosphoric ester groups is 1. The van der Waals surface area contributed by atoms with Crippen LogP contribution in [0.4, 0.5) is 0 Å². The van der Waals surface area contributed by atoms with Gasteiger partial charge in [0, 0.05) is 12.3 Å². The van der Waals surface area contributed by atoms with Gasteiger partial charge in [0.05, 0.1) is 12.7 Å². The second kappa shape index (κ2) is 8.05. The lowest BCUT2D eigenvalue weighted by Gasteiger charge is -2.70. The summed E-state index contributed by atoms with van der Waals surface area (Å²) in [6.07, 6.45) is 8.14. The smallest absolute Gasteiger partial charge is 0.469 e. The van der Waals surface area contributed by atoms with E-state index in [2.05, 4.69) is 0 Å². The average Bonchev–Trinajstić information content (AvgIpc) is 2.65. The van der Waals surface area contributed by atoms with Gasteiger partial charge in [-0.05, 0) is 81.5 Å². The molecule has 0 radical (unpaired) electrons. The summed E-state index contributed by atoms with van der Waals surface area (Å²) in [7, 11) is -4.58. The Balaban J connectivity index is 1.40. The molecular weight excluding hydrogens is 427 g/mol. The van der Waals surface area contributed by atoms with Gasteiger partial charge in [-0.2, -0.15) is 4.89 Å². The first-order valence-electron chi connectivity index (χ1n) is 11.7. The highest BCUT2D eigenvalue weighted by molar-refractivity contribution is 7.46. The molecule has 1 spiro atoms. The van der Waals surface area contributed by atoms with Crippen LogP contribution in [0, 0.1) is 29.6 Å². The Bertz CT molecular complexity index is 723. The van der Waals surface area contributed by atoms with Crippen molar-refractivity contribution in [2.24, 2.45) is 29.6 Å². The summed E-state index contributed by atoms with van der Waals surface area (Å²) in [6, 6.07) is 0. The van der Waals surface area contributed by atoms with Gasteiger partial charge in [-0.25, -0.2) is 9.45 Å². The molecule has 1 saturated heterocycles.